The van der Waals surface area contributed by atoms with Gasteiger partial charge in [0.1, 0.15) is 0 Å². The average Bonchev–Trinajstić information content (AvgIpc) is 3.32. The van der Waals surface area contributed by atoms with E-state index in [2.05, 4.69) is 15.5 Å². The fourth-order valence-corrected chi connectivity index (χ4v) is 3.65. The number of nitrogens with one attached hydrogen (secondary N) is 1. The van der Waals surface area contributed by atoms with E-state index in [1.165, 1.54) is 4.68 Å². The van der Waals surface area contributed by atoms with Crippen LogP contribution in [0.1, 0.15) is 33.9 Å². The van der Waals surface area contributed by atoms with E-state index in [-0.39, 0.29) is 19.0 Å². The van der Waals surface area contributed by atoms with Crippen LogP contribution in [0.2, 0.25) is 0 Å². The van der Waals surface area contributed by atoms with Crippen molar-refractivity contribution in [1.29, 1.82) is 0 Å². The third-order valence-electron chi connectivity index (χ3n) is 5.58. The molecular formula is C23H23F3N6O. The maximum absolute atomic E-state index is 13.0. The predicted octanol–water partition coefficient (Wildman–Crippen LogP) is 4.29. The topological polar surface area (TPSA) is 77.6 Å². The molecule has 0 unspecified atom stereocenters. The van der Waals surface area contributed by atoms with Crippen molar-refractivity contribution in [3.05, 3.63) is 65.2 Å². The monoisotopic (exact) mass is 456 g/mol. The number of pyridine rings is 1. The lowest BCUT2D eigenvalue weighted by Crippen LogP contribution is -2.26. The van der Waals surface area contributed by atoms with Gasteiger partial charge in [0.05, 0.1) is 23.0 Å². The Labute approximate surface area is 188 Å². The first-order chi connectivity index (χ1) is 15.6. The summed E-state index contributed by atoms with van der Waals surface area (Å²) in [6.45, 7) is 4.06. The van der Waals surface area contributed by atoms with E-state index < -0.39 is 11.9 Å². The van der Waals surface area contributed by atoms with Gasteiger partial charge in [0.25, 0.3) is 5.91 Å². The van der Waals surface area contributed by atoms with Crippen molar-refractivity contribution in [3.63, 3.8) is 0 Å². The van der Waals surface area contributed by atoms with E-state index in [9.17, 15) is 18.0 Å². The van der Waals surface area contributed by atoms with Crippen LogP contribution in [0, 0.1) is 13.8 Å². The van der Waals surface area contributed by atoms with Crippen molar-refractivity contribution < 1.29 is 18.0 Å². The van der Waals surface area contributed by atoms with Gasteiger partial charge in [-0.2, -0.15) is 23.4 Å². The Morgan fingerprint density at radius 2 is 1.91 bits per heavy atom. The molecule has 3 heterocycles. The van der Waals surface area contributed by atoms with Gasteiger partial charge < -0.3 is 5.32 Å². The van der Waals surface area contributed by atoms with Gasteiger partial charge in [-0.1, -0.05) is 18.2 Å². The number of benzene rings is 1. The first-order valence-corrected chi connectivity index (χ1v) is 10.4. The molecule has 0 bridgehead atoms. The van der Waals surface area contributed by atoms with Crippen LogP contribution in [0.25, 0.3) is 22.2 Å². The molecule has 3 aromatic heterocycles. The number of hydrogen-bond acceptors (Lipinski definition) is 4. The minimum atomic E-state index is -4.48. The number of aryl methyl sites for hydroxylation is 3. The Morgan fingerprint density at radius 3 is 2.58 bits per heavy atom. The Morgan fingerprint density at radius 1 is 1.15 bits per heavy atom. The van der Waals surface area contributed by atoms with Crippen LogP contribution in [-0.4, -0.2) is 37.0 Å². The van der Waals surface area contributed by atoms with Gasteiger partial charge in [-0.3, -0.25) is 14.2 Å². The highest BCUT2D eigenvalue weighted by Gasteiger charge is 2.34. The summed E-state index contributed by atoms with van der Waals surface area (Å²) in [6, 6.07) is 10.1. The number of carbonyl (C=O) groups is 1. The molecule has 0 spiro atoms. The number of aromatic nitrogens is 5. The number of hydrogen-bond donors (Lipinski definition) is 1. The third-order valence-corrected chi connectivity index (χ3v) is 5.58. The van der Waals surface area contributed by atoms with Crippen LogP contribution in [-0.2, 0) is 19.8 Å². The molecule has 7 nitrogen and oxygen atoms in total. The summed E-state index contributed by atoms with van der Waals surface area (Å²) >= 11 is 0. The first-order valence-electron chi connectivity index (χ1n) is 10.4. The van der Waals surface area contributed by atoms with Crippen LogP contribution in [0.15, 0.2) is 42.6 Å². The summed E-state index contributed by atoms with van der Waals surface area (Å²) in [7, 11) is 1.84. The zero-order valence-corrected chi connectivity index (χ0v) is 18.4. The van der Waals surface area contributed by atoms with E-state index in [1.54, 1.807) is 23.9 Å². The lowest BCUT2D eigenvalue weighted by Gasteiger charge is -2.11. The standard InChI is InChI=1S/C23H23F3N6O/c1-14-11-21(23(24,25)26)30-32(14)10-6-9-27-22(33)17-12-20(18-13-28-31(3)15(18)2)29-19-8-5-4-7-16(17)19/h4-5,7-8,11-13H,6,9-10H2,1-3H3,(H,27,33). The number of halogens is 3. The number of rotatable bonds is 6. The SMILES string of the molecule is Cc1c(-c2cc(C(=O)NCCCn3nc(C(F)(F)F)cc3C)c3ccccc3n2)cnn1C. The van der Waals surface area contributed by atoms with Crippen LogP contribution in [0.5, 0.6) is 0 Å². The highest BCUT2D eigenvalue weighted by Crippen LogP contribution is 2.29. The molecule has 0 aliphatic carbocycles. The number of alkyl halides is 3. The molecule has 4 rings (SSSR count). The van der Waals surface area contributed by atoms with Gasteiger partial charge in [-0.25, -0.2) is 4.98 Å². The molecule has 1 N–H and O–H groups in total. The molecule has 10 heteroatoms. The number of para-hydroxylation sites is 1. The van der Waals surface area contributed by atoms with Crippen molar-refractivity contribution in [2.24, 2.45) is 7.05 Å². The Balaban J connectivity index is 1.50. The number of carbonyl (C=O) groups excluding carboxylic acids is 1. The zero-order valence-electron chi connectivity index (χ0n) is 18.4. The van der Waals surface area contributed by atoms with Gasteiger partial charge in [-0.05, 0) is 38.5 Å². The zero-order chi connectivity index (χ0) is 23.8. The fraction of sp³-hybridized carbons (Fsp3) is 0.304. The summed E-state index contributed by atoms with van der Waals surface area (Å²) in [4.78, 5) is 17.7. The predicted molar refractivity (Wildman–Crippen MR) is 118 cm³/mol. The van der Waals surface area contributed by atoms with Crippen molar-refractivity contribution >= 4 is 16.8 Å². The maximum Gasteiger partial charge on any atom is 0.435 e. The molecule has 1 aromatic carbocycles. The molecule has 0 fully saturated rings. The summed E-state index contributed by atoms with van der Waals surface area (Å²) in [6.07, 6.45) is -2.32. The molecule has 0 aliphatic heterocycles. The summed E-state index contributed by atoms with van der Waals surface area (Å²) in [5, 5.41) is 11.5. The number of nitrogens with zero attached hydrogens (tertiary/aromatic N) is 5. The van der Waals surface area contributed by atoms with Crippen molar-refractivity contribution in [1.82, 2.24) is 29.9 Å². The van der Waals surface area contributed by atoms with E-state index in [1.807, 2.05) is 38.2 Å². The number of amides is 1. The maximum atomic E-state index is 13.0. The highest BCUT2D eigenvalue weighted by molar-refractivity contribution is 6.07. The molecule has 4 aromatic rings. The Bertz CT molecular complexity index is 1320. The summed E-state index contributed by atoms with van der Waals surface area (Å²) < 4.78 is 41.5. The van der Waals surface area contributed by atoms with Crippen molar-refractivity contribution in [3.8, 4) is 11.3 Å². The van der Waals surface area contributed by atoms with E-state index in [0.717, 1.165) is 22.7 Å². The summed E-state index contributed by atoms with van der Waals surface area (Å²) in [5.74, 6) is -0.274. The molecule has 0 saturated carbocycles. The average molecular weight is 456 g/mol. The second-order valence-corrected chi connectivity index (χ2v) is 7.84. The van der Waals surface area contributed by atoms with Crippen LogP contribution in [0.3, 0.4) is 0 Å². The third kappa shape index (κ3) is 4.59. The largest absolute Gasteiger partial charge is 0.435 e. The smallest absolute Gasteiger partial charge is 0.352 e. The van der Waals surface area contributed by atoms with E-state index in [0.29, 0.717) is 28.9 Å². The fourth-order valence-electron chi connectivity index (χ4n) is 3.65. The van der Waals surface area contributed by atoms with Gasteiger partial charge in [0, 0.05) is 42.5 Å². The van der Waals surface area contributed by atoms with Gasteiger partial charge >= 0.3 is 6.18 Å². The van der Waals surface area contributed by atoms with Crippen molar-refractivity contribution in [2.45, 2.75) is 33.0 Å². The minimum absolute atomic E-state index is 0.263. The van der Waals surface area contributed by atoms with Crippen LogP contribution in [0.4, 0.5) is 13.2 Å². The molecule has 0 atom stereocenters. The van der Waals surface area contributed by atoms with E-state index in [4.69, 9.17) is 4.98 Å². The molecule has 1 amide bonds. The minimum Gasteiger partial charge on any atom is -0.352 e. The van der Waals surface area contributed by atoms with Gasteiger partial charge in [0.15, 0.2) is 5.69 Å². The van der Waals surface area contributed by atoms with Gasteiger partial charge in [-0.15, -0.1) is 0 Å². The Kier molecular flexibility index (Phi) is 5.92. The molecule has 33 heavy (non-hydrogen) atoms. The number of fused-ring (bicyclic) bond motifs is 1. The highest BCUT2D eigenvalue weighted by atomic mass is 19.4. The first kappa shape index (κ1) is 22.5. The quantitative estimate of drug-likeness (QED) is 0.439. The molecule has 0 radical (unpaired) electrons. The second kappa shape index (κ2) is 8.68. The molecule has 172 valence electrons. The van der Waals surface area contributed by atoms with Crippen LogP contribution >= 0.6 is 0 Å². The lowest BCUT2D eigenvalue weighted by molar-refractivity contribution is -0.141. The van der Waals surface area contributed by atoms with E-state index >= 15 is 0 Å². The normalized spacial score (nSPS) is 11.8. The molecule has 0 saturated heterocycles. The Hall–Kier alpha value is -3.69. The van der Waals surface area contributed by atoms with Crippen LogP contribution < -0.4 is 5.32 Å². The summed E-state index contributed by atoms with van der Waals surface area (Å²) in [5.41, 5.74) is 3.10. The van der Waals surface area contributed by atoms with Gasteiger partial charge in [0.2, 0.25) is 0 Å². The second-order valence-electron chi connectivity index (χ2n) is 7.84. The molecular weight excluding hydrogens is 433 g/mol. The lowest BCUT2D eigenvalue weighted by atomic mass is 10.0. The molecule has 0 aliphatic rings. The van der Waals surface area contributed by atoms with Crippen molar-refractivity contribution in [2.75, 3.05) is 6.54 Å².